The largest absolute Gasteiger partial charge is 0.477 e. The third-order valence-corrected chi connectivity index (χ3v) is 8.31. The molecule has 4 atom stereocenters. The number of hydrogen-bond acceptors (Lipinski definition) is 5. The Morgan fingerprint density at radius 3 is 2.62 bits per heavy atom. The number of aromatic nitrogens is 1. The van der Waals surface area contributed by atoms with Gasteiger partial charge in [-0.15, -0.1) is 0 Å². The van der Waals surface area contributed by atoms with E-state index in [1.807, 2.05) is 4.90 Å². The number of fused-ring (bicyclic) bond motifs is 3. The standard InChI is InChI=1S/C24H26FN3O4/c1-26-6-2-3-13-9-27(11-18(13)26)22-16(25)8-14-21-20(22)19(29)7-12-4-5-17(12)28(21)10-15(23(14)30)24(31)32/h8,10,12-13,17-18H,2-7,9,11H2,1H3,(H,31,32)/t12?,13-,17?,18+/m0/s1. The van der Waals surface area contributed by atoms with Gasteiger partial charge in [0.2, 0.25) is 5.43 Å². The number of carbonyl (C=O) groups is 2. The molecule has 2 saturated heterocycles. The highest BCUT2D eigenvalue weighted by molar-refractivity contribution is 6.13. The lowest BCUT2D eigenvalue weighted by molar-refractivity contribution is 0.0692. The van der Waals surface area contributed by atoms with Crippen molar-refractivity contribution in [2.75, 3.05) is 31.6 Å². The van der Waals surface area contributed by atoms with Gasteiger partial charge in [-0.3, -0.25) is 9.59 Å². The number of nitrogens with zero attached hydrogens (tertiary/aromatic N) is 3. The monoisotopic (exact) mass is 439 g/mol. The average molecular weight is 439 g/mol. The van der Waals surface area contributed by atoms with Crippen LogP contribution < -0.4 is 10.3 Å². The fourth-order valence-corrected chi connectivity index (χ4v) is 6.55. The summed E-state index contributed by atoms with van der Waals surface area (Å²) in [5.41, 5.74) is -0.121. The van der Waals surface area contributed by atoms with Gasteiger partial charge in [0, 0.05) is 37.8 Å². The minimum atomic E-state index is -1.33. The molecule has 0 bridgehead atoms. The number of carbonyl (C=O) groups excluding carboxylic acids is 1. The highest BCUT2D eigenvalue weighted by atomic mass is 19.1. The summed E-state index contributed by atoms with van der Waals surface area (Å²) < 4.78 is 17.5. The van der Waals surface area contributed by atoms with Crippen LogP contribution >= 0.6 is 0 Å². The van der Waals surface area contributed by atoms with Crippen molar-refractivity contribution in [2.24, 2.45) is 11.8 Å². The maximum absolute atomic E-state index is 15.7. The first-order valence-corrected chi connectivity index (χ1v) is 11.5. The first-order valence-electron chi connectivity index (χ1n) is 11.5. The zero-order chi connectivity index (χ0) is 22.3. The summed E-state index contributed by atoms with van der Waals surface area (Å²) >= 11 is 0. The predicted molar refractivity (Wildman–Crippen MR) is 117 cm³/mol. The molecule has 2 unspecified atom stereocenters. The summed E-state index contributed by atoms with van der Waals surface area (Å²) in [6.07, 6.45) is 5.57. The molecule has 7 nitrogen and oxygen atoms in total. The minimum absolute atomic E-state index is 0.00391. The number of benzene rings is 1. The molecule has 4 heterocycles. The molecule has 0 spiro atoms. The number of carboxylic acids is 1. The van der Waals surface area contributed by atoms with Gasteiger partial charge in [-0.05, 0) is 57.2 Å². The molecule has 6 rings (SSSR count). The summed E-state index contributed by atoms with van der Waals surface area (Å²) in [6, 6.07) is 1.45. The van der Waals surface area contributed by atoms with Gasteiger partial charge in [-0.2, -0.15) is 0 Å². The highest BCUT2D eigenvalue weighted by Gasteiger charge is 2.43. The SMILES string of the molecule is CN1CCC[C@H]2CN(c3c(F)cc4c(=O)c(C(=O)O)cn5c4c3C(=O)CC3CCC35)C[C@H]21. The molecule has 2 aromatic rings. The minimum Gasteiger partial charge on any atom is -0.477 e. The van der Waals surface area contributed by atoms with Crippen molar-refractivity contribution in [2.45, 2.75) is 44.2 Å². The molecule has 3 fully saturated rings. The number of rotatable bonds is 2. The summed E-state index contributed by atoms with van der Waals surface area (Å²) in [5, 5.41) is 9.57. The molecule has 3 aliphatic heterocycles. The third kappa shape index (κ3) is 2.65. The Hall–Kier alpha value is -2.74. The number of piperidine rings is 1. The Morgan fingerprint density at radius 2 is 1.94 bits per heavy atom. The lowest BCUT2D eigenvalue weighted by Gasteiger charge is -2.37. The fraction of sp³-hybridized carbons (Fsp3) is 0.542. The van der Waals surface area contributed by atoms with Gasteiger partial charge in [0.15, 0.2) is 5.78 Å². The smallest absolute Gasteiger partial charge is 0.341 e. The molecule has 1 aromatic heterocycles. The number of hydrogen-bond donors (Lipinski definition) is 1. The molecular formula is C24H26FN3O4. The molecule has 0 amide bonds. The van der Waals surface area contributed by atoms with Crippen LogP contribution in [-0.2, 0) is 0 Å². The molecule has 1 aliphatic carbocycles. The zero-order valence-electron chi connectivity index (χ0n) is 18.0. The molecule has 1 saturated carbocycles. The van der Waals surface area contributed by atoms with Crippen molar-refractivity contribution >= 4 is 28.3 Å². The number of pyridine rings is 1. The number of aromatic carboxylic acids is 1. The first kappa shape index (κ1) is 19.9. The second-order valence-electron chi connectivity index (χ2n) is 9.95. The van der Waals surface area contributed by atoms with Crippen LogP contribution in [0.5, 0.6) is 0 Å². The predicted octanol–water partition coefficient (Wildman–Crippen LogP) is 2.91. The number of likely N-dealkylation sites (N-methyl/N-ethyl adjacent to an activating group) is 1. The van der Waals surface area contributed by atoms with E-state index in [9.17, 15) is 19.5 Å². The summed E-state index contributed by atoms with van der Waals surface area (Å²) in [5.74, 6) is -1.57. The van der Waals surface area contributed by atoms with E-state index in [2.05, 4.69) is 11.9 Å². The first-order chi connectivity index (χ1) is 15.3. The Morgan fingerprint density at radius 1 is 1.12 bits per heavy atom. The van der Waals surface area contributed by atoms with Gasteiger partial charge >= 0.3 is 5.97 Å². The normalized spacial score (nSPS) is 29.4. The molecule has 8 heteroatoms. The number of ketones is 1. The molecule has 1 aromatic carbocycles. The third-order valence-electron chi connectivity index (χ3n) is 8.31. The van der Waals surface area contributed by atoms with E-state index in [1.165, 1.54) is 6.20 Å². The van der Waals surface area contributed by atoms with Crippen LogP contribution in [0.15, 0.2) is 17.1 Å². The Labute approximate surface area is 184 Å². The molecular weight excluding hydrogens is 413 g/mol. The molecule has 4 aliphatic rings. The van der Waals surface area contributed by atoms with Crippen molar-refractivity contribution in [1.29, 1.82) is 0 Å². The fourth-order valence-electron chi connectivity index (χ4n) is 6.55. The van der Waals surface area contributed by atoms with E-state index in [0.717, 1.165) is 38.3 Å². The summed E-state index contributed by atoms with van der Waals surface area (Å²) in [7, 11) is 2.10. The van der Waals surface area contributed by atoms with Gasteiger partial charge in [-0.25, -0.2) is 9.18 Å². The summed E-state index contributed by atoms with van der Waals surface area (Å²) in [4.78, 5) is 42.5. The number of likely N-dealkylation sites (tertiary alicyclic amines) is 1. The van der Waals surface area contributed by atoms with E-state index in [1.54, 1.807) is 4.57 Å². The Balaban J connectivity index is 1.61. The van der Waals surface area contributed by atoms with Crippen LogP contribution in [0.3, 0.4) is 0 Å². The number of anilines is 1. The number of halogens is 1. The van der Waals surface area contributed by atoms with E-state index < -0.39 is 17.2 Å². The van der Waals surface area contributed by atoms with Gasteiger partial charge in [-0.1, -0.05) is 0 Å². The van der Waals surface area contributed by atoms with Crippen molar-refractivity contribution in [3.05, 3.63) is 39.4 Å². The van der Waals surface area contributed by atoms with Crippen molar-refractivity contribution < 1.29 is 19.1 Å². The van der Waals surface area contributed by atoms with Crippen LogP contribution in [0, 0.1) is 17.7 Å². The van der Waals surface area contributed by atoms with Crippen LogP contribution in [0.1, 0.15) is 58.9 Å². The zero-order valence-corrected chi connectivity index (χ0v) is 18.0. The maximum atomic E-state index is 15.7. The average Bonchev–Trinajstić information content (AvgIpc) is 3.14. The van der Waals surface area contributed by atoms with Crippen molar-refractivity contribution in [1.82, 2.24) is 9.47 Å². The highest BCUT2D eigenvalue weighted by Crippen LogP contribution is 2.48. The van der Waals surface area contributed by atoms with Crippen molar-refractivity contribution in [3.8, 4) is 0 Å². The molecule has 168 valence electrons. The van der Waals surface area contributed by atoms with Gasteiger partial charge in [0.25, 0.3) is 0 Å². The van der Waals surface area contributed by atoms with Gasteiger partial charge < -0.3 is 19.5 Å². The summed E-state index contributed by atoms with van der Waals surface area (Å²) in [6.45, 7) is 2.35. The lowest BCUT2D eigenvalue weighted by Crippen LogP contribution is -2.42. The molecule has 1 N–H and O–H groups in total. The second kappa shape index (κ2) is 6.88. The topological polar surface area (TPSA) is 82.8 Å². The Kier molecular flexibility index (Phi) is 4.28. The second-order valence-corrected chi connectivity index (χ2v) is 9.95. The number of Topliss-reactive ketones (excluding diaryl/α,β-unsaturated/α-hetero) is 1. The number of carboxylic acid groups (broad SMARTS) is 1. The lowest BCUT2D eigenvalue weighted by atomic mass is 9.76. The maximum Gasteiger partial charge on any atom is 0.341 e. The van der Waals surface area contributed by atoms with E-state index in [-0.39, 0.29) is 34.3 Å². The van der Waals surface area contributed by atoms with Crippen LogP contribution in [0.25, 0.3) is 10.9 Å². The van der Waals surface area contributed by atoms with E-state index in [0.29, 0.717) is 42.7 Å². The molecule has 32 heavy (non-hydrogen) atoms. The Bertz CT molecular complexity index is 1240. The molecule has 0 radical (unpaired) electrons. The quantitative estimate of drug-likeness (QED) is 0.775. The van der Waals surface area contributed by atoms with Gasteiger partial charge in [0.1, 0.15) is 11.4 Å². The van der Waals surface area contributed by atoms with Crippen molar-refractivity contribution in [3.63, 3.8) is 0 Å². The van der Waals surface area contributed by atoms with E-state index in [4.69, 9.17) is 0 Å². The van der Waals surface area contributed by atoms with Crippen LogP contribution in [0.2, 0.25) is 0 Å². The van der Waals surface area contributed by atoms with E-state index >= 15 is 4.39 Å². The van der Waals surface area contributed by atoms with Crippen LogP contribution in [0.4, 0.5) is 10.1 Å². The van der Waals surface area contributed by atoms with Gasteiger partial charge in [0.05, 0.1) is 22.2 Å². The van der Waals surface area contributed by atoms with Crippen LogP contribution in [-0.4, -0.2) is 59.0 Å².